The Bertz CT molecular complexity index is 1810. The molecule has 9 nitrogen and oxygen atoms in total. The van der Waals surface area contributed by atoms with Gasteiger partial charge in [-0.2, -0.15) is 0 Å². The SMILES string of the molecule is CC/C=C\C/C=C\C/C=C\C/C=C\C/C=C\C/C=C\CCCCCCCCC(=O)NC(COP(=O)(O)OCC[N+](C)(C)C)C(/C=C\CCCCCCCCCCC)OC(=O)CCC/C=C\C/C=C\C/C=C\C/C=C\CCCCC. The minimum atomic E-state index is -4.47. The highest BCUT2D eigenvalue weighted by molar-refractivity contribution is 7.47. The lowest BCUT2D eigenvalue weighted by molar-refractivity contribution is -0.870. The molecule has 0 aromatic rings. The number of rotatable bonds is 55. The van der Waals surface area contributed by atoms with Crippen molar-refractivity contribution in [3.8, 4) is 0 Å². The molecule has 0 aliphatic rings. The minimum Gasteiger partial charge on any atom is -0.456 e. The van der Waals surface area contributed by atoms with E-state index < -0.39 is 20.0 Å². The molecule has 0 rings (SSSR count). The van der Waals surface area contributed by atoms with Crippen LogP contribution in [0.3, 0.4) is 0 Å². The Balaban J connectivity index is 5.28. The molecule has 1 amide bonds. The van der Waals surface area contributed by atoms with Crippen LogP contribution < -0.4 is 5.32 Å². The zero-order valence-electron chi connectivity index (χ0n) is 51.3. The fourth-order valence-electron chi connectivity index (χ4n) is 8.23. The van der Waals surface area contributed by atoms with Gasteiger partial charge in [0.1, 0.15) is 19.3 Å². The first kappa shape index (κ1) is 75.2. The van der Waals surface area contributed by atoms with Gasteiger partial charge >= 0.3 is 13.8 Å². The topological polar surface area (TPSA) is 111 Å². The molecule has 0 radical (unpaired) electrons. The fourth-order valence-corrected chi connectivity index (χ4v) is 8.96. The van der Waals surface area contributed by atoms with E-state index in [4.69, 9.17) is 13.8 Å². The molecule has 450 valence electrons. The van der Waals surface area contributed by atoms with Crippen LogP contribution in [0.1, 0.15) is 239 Å². The minimum absolute atomic E-state index is 0.0211. The number of esters is 1. The van der Waals surface area contributed by atoms with Gasteiger partial charge < -0.3 is 19.4 Å². The van der Waals surface area contributed by atoms with Gasteiger partial charge in [-0.1, -0.05) is 238 Å². The average molecular weight is 1120 g/mol. The van der Waals surface area contributed by atoms with Crippen LogP contribution in [0.15, 0.2) is 134 Å². The number of carbonyl (C=O) groups excluding carboxylic acids is 2. The summed E-state index contributed by atoms with van der Waals surface area (Å²) in [5, 5.41) is 3.03. The number of likely N-dealkylation sites (N-methyl/N-ethyl adjacent to an activating group) is 1. The third-order valence-corrected chi connectivity index (χ3v) is 14.1. The second-order valence-electron chi connectivity index (χ2n) is 21.8. The number of hydrogen-bond acceptors (Lipinski definition) is 6. The van der Waals surface area contributed by atoms with Crippen molar-refractivity contribution in [3.63, 3.8) is 0 Å². The maximum Gasteiger partial charge on any atom is 0.472 e. The van der Waals surface area contributed by atoms with Gasteiger partial charge in [0.25, 0.3) is 0 Å². The van der Waals surface area contributed by atoms with Gasteiger partial charge in [0.15, 0.2) is 0 Å². The second-order valence-corrected chi connectivity index (χ2v) is 23.3. The third kappa shape index (κ3) is 58.6. The first-order valence-corrected chi connectivity index (χ1v) is 33.0. The Hall–Kier alpha value is -3.85. The van der Waals surface area contributed by atoms with Crippen molar-refractivity contribution < 1.29 is 37.3 Å². The van der Waals surface area contributed by atoms with Gasteiger partial charge in [-0.3, -0.25) is 18.6 Å². The molecule has 0 aromatic heterocycles. The van der Waals surface area contributed by atoms with Crippen molar-refractivity contribution in [1.82, 2.24) is 5.32 Å². The summed E-state index contributed by atoms with van der Waals surface area (Å²) in [6, 6.07) is -0.888. The van der Waals surface area contributed by atoms with Gasteiger partial charge in [-0.25, -0.2) is 4.57 Å². The third-order valence-electron chi connectivity index (χ3n) is 13.1. The van der Waals surface area contributed by atoms with Crippen LogP contribution in [0.25, 0.3) is 0 Å². The molecule has 0 spiro atoms. The molecule has 0 aliphatic heterocycles. The number of ether oxygens (including phenoxy) is 1. The number of carbonyl (C=O) groups is 2. The van der Waals surface area contributed by atoms with E-state index in [0.29, 0.717) is 23.9 Å². The van der Waals surface area contributed by atoms with E-state index in [9.17, 15) is 19.0 Å². The van der Waals surface area contributed by atoms with Crippen LogP contribution in [-0.4, -0.2) is 74.3 Å². The van der Waals surface area contributed by atoms with E-state index in [1.54, 1.807) is 0 Å². The molecule has 3 unspecified atom stereocenters. The summed E-state index contributed by atoms with van der Waals surface area (Å²) in [6.45, 7) is 6.79. The summed E-state index contributed by atoms with van der Waals surface area (Å²) in [6.07, 6.45) is 81.7. The summed E-state index contributed by atoms with van der Waals surface area (Å²) in [5.41, 5.74) is 0. The van der Waals surface area contributed by atoms with Crippen LogP contribution in [0.2, 0.25) is 0 Å². The van der Waals surface area contributed by atoms with Crippen LogP contribution in [0.4, 0.5) is 0 Å². The lowest BCUT2D eigenvalue weighted by Gasteiger charge is -2.27. The van der Waals surface area contributed by atoms with Gasteiger partial charge in [0.05, 0.1) is 33.8 Å². The molecule has 0 fully saturated rings. The zero-order chi connectivity index (χ0) is 57.9. The maximum absolute atomic E-state index is 13.6. The average Bonchev–Trinajstić information content (AvgIpc) is 3.41. The van der Waals surface area contributed by atoms with E-state index in [2.05, 4.69) is 148 Å². The van der Waals surface area contributed by atoms with Crippen molar-refractivity contribution in [3.05, 3.63) is 134 Å². The van der Waals surface area contributed by atoms with Crippen LogP contribution in [0, 0.1) is 0 Å². The predicted molar refractivity (Wildman–Crippen MR) is 341 cm³/mol. The number of hydrogen-bond donors (Lipinski definition) is 2. The highest BCUT2D eigenvalue weighted by Crippen LogP contribution is 2.43. The lowest BCUT2D eigenvalue weighted by Crippen LogP contribution is -2.47. The number of quaternary nitrogens is 1. The highest BCUT2D eigenvalue weighted by atomic mass is 31.2. The molecule has 10 heteroatoms. The summed E-state index contributed by atoms with van der Waals surface area (Å²) >= 11 is 0. The lowest BCUT2D eigenvalue weighted by atomic mass is 10.1. The van der Waals surface area contributed by atoms with Gasteiger partial charge in [0, 0.05) is 12.8 Å². The Labute approximate surface area is 485 Å². The number of phosphoric ester groups is 1. The molecular formula is C69H118N2O7P+. The van der Waals surface area contributed by atoms with Crippen LogP contribution in [-0.2, 0) is 27.9 Å². The van der Waals surface area contributed by atoms with Gasteiger partial charge in [0.2, 0.25) is 5.91 Å². The zero-order valence-corrected chi connectivity index (χ0v) is 52.2. The van der Waals surface area contributed by atoms with Crippen molar-refractivity contribution in [2.75, 3.05) is 40.9 Å². The normalized spacial score (nSPS) is 14.6. The van der Waals surface area contributed by atoms with E-state index in [0.717, 1.165) is 128 Å². The van der Waals surface area contributed by atoms with E-state index in [1.165, 1.54) is 70.6 Å². The highest BCUT2D eigenvalue weighted by Gasteiger charge is 2.30. The molecule has 0 aliphatic carbocycles. The molecule has 0 heterocycles. The molecule has 3 atom stereocenters. The predicted octanol–water partition coefficient (Wildman–Crippen LogP) is 19.7. The number of phosphoric acid groups is 1. The Morgan fingerprint density at radius 1 is 0.456 bits per heavy atom. The molecular weight excluding hydrogens is 1000 g/mol. The number of nitrogens with zero attached hydrogens (tertiary/aromatic N) is 1. The van der Waals surface area contributed by atoms with Crippen molar-refractivity contribution >= 4 is 19.7 Å². The van der Waals surface area contributed by atoms with Crippen molar-refractivity contribution in [1.29, 1.82) is 0 Å². The summed E-state index contributed by atoms with van der Waals surface area (Å²) < 4.78 is 30.6. The maximum atomic E-state index is 13.6. The number of allylic oxidation sites excluding steroid dienone is 21. The first-order valence-electron chi connectivity index (χ1n) is 31.5. The smallest absolute Gasteiger partial charge is 0.456 e. The first-order chi connectivity index (χ1) is 38.4. The molecule has 79 heavy (non-hydrogen) atoms. The van der Waals surface area contributed by atoms with E-state index in [-0.39, 0.29) is 31.5 Å². The molecule has 2 N–H and O–H groups in total. The number of nitrogens with one attached hydrogen (secondary N) is 1. The summed E-state index contributed by atoms with van der Waals surface area (Å²) in [4.78, 5) is 37.7. The Kier molecular flexibility index (Phi) is 54.6. The van der Waals surface area contributed by atoms with Crippen LogP contribution in [0.5, 0.6) is 0 Å². The van der Waals surface area contributed by atoms with Gasteiger partial charge in [-0.15, -0.1) is 0 Å². The number of amides is 1. The standard InChI is InChI=1S/C69H117N2O7P/c1-7-10-13-16-19-22-25-27-29-31-32-33-34-35-36-37-38-40-41-43-46-49-52-55-58-61-68(72)70-66(65-77-79(74,75)76-64-63-71(4,5)6)67(60-57-54-51-48-45-24-21-18-15-12-9-3)78-69(73)62-59-56-53-50-47-44-42-39-30-28-26-23-20-17-14-11-8-2/h10,13,19-20,22-23,27-30,32-33,35-36,38,40,42,44,50,53,57,60,66-67H,7-9,11-12,14-18,21,24-26,31,34,37,39,41,43,45-49,51-52,54-56,58-59,61-65H2,1-6H3,(H-,70,72,74,75)/p+1/b13-10-,22-19-,23-20-,29-27-,30-28-,33-32-,36-35-,40-38-,44-42-,53-50-,60-57-. The molecule has 0 saturated carbocycles. The Morgan fingerprint density at radius 2 is 0.823 bits per heavy atom. The molecule has 0 aromatic carbocycles. The molecule has 0 saturated heterocycles. The second kappa shape index (κ2) is 57.4. The fraction of sp³-hybridized carbons (Fsp3) is 0.652. The van der Waals surface area contributed by atoms with Gasteiger partial charge in [-0.05, 0) is 122 Å². The molecule has 0 bridgehead atoms. The summed E-state index contributed by atoms with van der Waals surface area (Å²) in [7, 11) is 1.44. The monoisotopic (exact) mass is 1120 g/mol. The van der Waals surface area contributed by atoms with Crippen LogP contribution >= 0.6 is 7.82 Å². The van der Waals surface area contributed by atoms with Crippen molar-refractivity contribution in [2.45, 2.75) is 251 Å². The Morgan fingerprint density at radius 3 is 1.27 bits per heavy atom. The van der Waals surface area contributed by atoms with E-state index in [1.807, 2.05) is 33.3 Å². The quantitative estimate of drug-likeness (QED) is 0.0205. The van der Waals surface area contributed by atoms with E-state index >= 15 is 0 Å². The van der Waals surface area contributed by atoms with Crippen molar-refractivity contribution in [2.24, 2.45) is 0 Å². The summed E-state index contributed by atoms with van der Waals surface area (Å²) in [5.74, 6) is -0.598. The number of unbranched alkanes of at least 4 members (excludes halogenated alkanes) is 19. The largest absolute Gasteiger partial charge is 0.472 e.